The number of rotatable bonds is 4. The van der Waals surface area contributed by atoms with Crippen LogP contribution in [0.5, 0.6) is 5.75 Å². The maximum Gasteiger partial charge on any atom is 0.313 e. The molecule has 1 aliphatic carbocycles. The quantitative estimate of drug-likeness (QED) is 0.569. The lowest BCUT2D eigenvalue weighted by atomic mass is 9.89. The van der Waals surface area contributed by atoms with Crippen molar-refractivity contribution < 1.29 is 14.7 Å². The second-order valence-corrected chi connectivity index (χ2v) is 7.14. The Balaban J connectivity index is 1.69. The number of phenols is 1. The molecule has 2 aromatic carbocycles. The molecule has 1 aliphatic rings. The minimum Gasteiger partial charge on any atom is -0.506 e. The predicted octanol–water partition coefficient (Wildman–Crippen LogP) is 3.79. The standard InChI is InChI=1S/C22H26N2O3/c1-3-18(17-10-9-15-6-4-5-7-16(15)13-17)23-21(26)22(27)24-19-12-14(2)8-11-20(19)25/h8-13,18,25H,3-7H2,1-2H3,(H,23,26)(H,24,27). The van der Waals surface area contributed by atoms with Gasteiger partial charge < -0.3 is 15.7 Å². The van der Waals surface area contributed by atoms with Gasteiger partial charge in [0.1, 0.15) is 5.75 Å². The predicted molar refractivity (Wildman–Crippen MR) is 106 cm³/mol. The van der Waals surface area contributed by atoms with Crippen molar-refractivity contribution in [3.63, 3.8) is 0 Å². The van der Waals surface area contributed by atoms with Gasteiger partial charge in [0, 0.05) is 0 Å². The van der Waals surface area contributed by atoms with Crippen molar-refractivity contribution in [2.45, 2.75) is 52.0 Å². The molecule has 142 valence electrons. The third kappa shape index (κ3) is 4.48. The number of amides is 2. The largest absolute Gasteiger partial charge is 0.506 e. The van der Waals surface area contributed by atoms with Gasteiger partial charge in [-0.25, -0.2) is 0 Å². The lowest BCUT2D eigenvalue weighted by molar-refractivity contribution is -0.136. The van der Waals surface area contributed by atoms with Gasteiger partial charge in [-0.3, -0.25) is 9.59 Å². The summed E-state index contributed by atoms with van der Waals surface area (Å²) in [6, 6.07) is 11.0. The maximum atomic E-state index is 12.4. The fourth-order valence-corrected chi connectivity index (χ4v) is 3.54. The van der Waals surface area contributed by atoms with E-state index in [1.165, 1.54) is 30.0 Å². The van der Waals surface area contributed by atoms with Crippen LogP contribution in [0.2, 0.25) is 0 Å². The number of carbonyl (C=O) groups excluding carboxylic acids is 2. The molecule has 2 amide bonds. The number of hydrogen-bond donors (Lipinski definition) is 3. The van der Waals surface area contributed by atoms with Gasteiger partial charge in [0.25, 0.3) is 0 Å². The first-order valence-electron chi connectivity index (χ1n) is 9.51. The highest BCUT2D eigenvalue weighted by Crippen LogP contribution is 2.26. The van der Waals surface area contributed by atoms with Crippen LogP contribution >= 0.6 is 0 Å². The third-order valence-electron chi connectivity index (χ3n) is 5.09. The topological polar surface area (TPSA) is 78.4 Å². The Hall–Kier alpha value is -2.82. The van der Waals surface area contributed by atoms with Crippen LogP contribution in [0, 0.1) is 6.92 Å². The van der Waals surface area contributed by atoms with E-state index in [0.717, 1.165) is 24.0 Å². The van der Waals surface area contributed by atoms with Crippen LogP contribution in [-0.2, 0) is 22.4 Å². The fourth-order valence-electron chi connectivity index (χ4n) is 3.54. The zero-order valence-electron chi connectivity index (χ0n) is 15.8. The Morgan fingerprint density at radius 1 is 1.04 bits per heavy atom. The Morgan fingerprint density at radius 2 is 1.78 bits per heavy atom. The SMILES string of the molecule is CCC(NC(=O)C(=O)Nc1cc(C)ccc1O)c1ccc2c(c1)CCCC2. The molecule has 27 heavy (non-hydrogen) atoms. The summed E-state index contributed by atoms with van der Waals surface area (Å²) < 4.78 is 0. The number of anilines is 1. The molecule has 5 heteroatoms. The zero-order valence-corrected chi connectivity index (χ0v) is 15.8. The number of phenolic OH excluding ortho intramolecular Hbond substituents is 1. The molecule has 0 bridgehead atoms. The number of nitrogens with one attached hydrogen (secondary N) is 2. The molecule has 0 aromatic heterocycles. The molecule has 0 radical (unpaired) electrons. The Labute approximate surface area is 159 Å². The number of benzene rings is 2. The molecule has 0 saturated heterocycles. The minimum atomic E-state index is -0.785. The Bertz CT molecular complexity index is 861. The summed E-state index contributed by atoms with van der Waals surface area (Å²) in [5.74, 6) is -1.56. The van der Waals surface area contributed by atoms with Crippen molar-refractivity contribution in [1.82, 2.24) is 5.32 Å². The molecule has 3 N–H and O–H groups in total. The summed E-state index contributed by atoms with van der Waals surface area (Å²) in [4.78, 5) is 24.6. The smallest absolute Gasteiger partial charge is 0.313 e. The molecular formula is C22H26N2O3. The van der Waals surface area contributed by atoms with E-state index in [0.29, 0.717) is 6.42 Å². The van der Waals surface area contributed by atoms with E-state index in [-0.39, 0.29) is 17.5 Å². The molecule has 0 heterocycles. The molecule has 3 rings (SSSR count). The van der Waals surface area contributed by atoms with E-state index in [4.69, 9.17) is 0 Å². The van der Waals surface area contributed by atoms with Crippen LogP contribution in [0.3, 0.4) is 0 Å². The number of hydrogen-bond acceptors (Lipinski definition) is 3. The summed E-state index contributed by atoms with van der Waals surface area (Å²) in [7, 11) is 0. The summed E-state index contributed by atoms with van der Waals surface area (Å²) in [6.07, 6.45) is 5.30. The van der Waals surface area contributed by atoms with Crippen LogP contribution in [0.4, 0.5) is 5.69 Å². The molecule has 5 nitrogen and oxygen atoms in total. The average molecular weight is 366 g/mol. The molecule has 2 aromatic rings. The number of aryl methyl sites for hydroxylation is 3. The van der Waals surface area contributed by atoms with Crippen LogP contribution in [0.15, 0.2) is 36.4 Å². The van der Waals surface area contributed by atoms with Crippen LogP contribution in [0.25, 0.3) is 0 Å². The third-order valence-corrected chi connectivity index (χ3v) is 5.09. The van der Waals surface area contributed by atoms with Gasteiger partial charge in [-0.1, -0.05) is 31.2 Å². The van der Waals surface area contributed by atoms with Crippen LogP contribution < -0.4 is 10.6 Å². The van der Waals surface area contributed by atoms with Crippen molar-refractivity contribution in [2.24, 2.45) is 0 Å². The number of carbonyl (C=O) groups is 2. The molecule has 0 aliphatic heterocycles. The highest BCUT2D eigenvalue weighted by molar-refractivity contribution is 6.39. The zero-order chi connectivity index (χ0) is 19.4. The summed E-state index contributed by atoms with van der Waals surface area (Å²) in [5.41, 5.74) is 4.87. The average Bonchev–Trinajstić information content (AvgIpc) is 2.68. The van der Waals surface area contributed by atoms with Crippen molar-refractivity contribution >= 4 is 17.5 Å². The van der Waals surface area contributed by atoms with Gasteiger partial charge in [0.05, 0.1) is 11.7 Å². The van der Waals surface area contributed by atoms with Crippen molar-refractivity contribution in [3.8, 4) is 5.75 Å². The van der Waals surface area contributed by atoms with Crippen molar-refractivity contribution in [3.05, 3.63) is 58.7 Å². The molecule has 1 unspecified atom stereocenters. The Morgan fingerprint density at radius 3 is 2.52 bits per heavy atom. The van der Waals surface area contributed by atoms with E-state index in [9.17, 15) is 14.7 Å². The lowest BCUT2D eigenvalue weighted by Crippen LogP contribution is -2.37. The van der Waals surface area contributed by atoms with Crippen LogP contribution in [0.1, 0.15) is 54.5 Å². The van der Waals surface area contributed by atoms with Gasteiger partial charge in [-0.2, -0.15) is 0 Å². The van der Waals surface area contributed by atoms with Gasteiger partial charge in [-0.15, -0.1) is 0 Å². The normalized spacial score (nSPS) is 14.1. The minimum absolute atomic E-state index is 0.0662. The first kappa shape index (κ1) is 19.0. The molecule has 0 saturated carbocycles. The first-order valence-corrected chi connectivity index (χ1v) is 9.51. The highest BCUT2D eigenvalue weighted by Gasteiger charge is 2.21. The highest BCUT2D eigenvalue weighted by atomic mass is 16.3. The first-order chi connectivity index (χ1) is 13.0. The van der Waals surface area contributed by atoms with Crippen molar-refractivity contribution in [2.75, 3.05) is 5.32 Å². The number of aromatic hydroxyl groups is 1. The van der Waals surface area contributed by atoms with E-state index in [1.807, 2.05) is 19.9 Å². The van der Waals surface area contributed by atoms with Crippen molar-refractivity contribution in [1.29, 1.82) is 0 Å². The van der Waals surface area contributed by atoms with Gasteiger partial charge >= 0.3 is 11.8 Å². The molecule has 0 spiro atoms. The summed E-state index contributed by atoms with van der Waals surface area (Å²) in [5, 5.41) is 15.1. The van der Waals surface area contributed by atoms with E-state index >= 15 is 0 Å². The number of fused-ring (bicyclic) bond motifs is 1. The second-order valence-electron chi connectivity index (χ2n) is 7.14. The monoisotopic (exact) mass is 366 g/mol. The second kappa shape index (κ2) is 8.25. The summed E-state index contributed by atoms with van der Waals surface area (Å²) in [6.45, 7) is 3.83. The van der Waals surface area contributed by atoms with E-state index in [2.05, 4.69) is 22.8 Å². The van der Waals surface area contributed by atoms with Crippen LogP contribution in [-0.4, -0.2) is 16.9 Å². The van der Waals surface area contributed by atoms with Gasteiger partial charge in [-0.05, 0) is 73.4 Å². The summed E-state index contributed by atoms with van der Waals surface area (Å²) >= 11 is 0. The van der Waals surface area contributed by atoms with E-state index in [1.54, 1.807) is 12.1 Å². The molecule has 0 fully saturated rings. The molecule has 1 atom stereocenters. The maximum absolute atomic E-state index is 12.4. The van der Waals surface area contributed by atoms with Gasteiger partial charge in [0.2, 0.25) is 0 Å². The fraction of sp³-hybridized carbons (Fsp3) is 0.364. The lowest BCUT2D eigenvalue weighted by Gasteiger charge is -2.21. The Kier molecular flexibility index (Phi) is 5.79. The molecular weight excluding hydrogens is 340 g/mol. The van der Waals surface area contributed by atoms with Gasteiger partial charge in [0.15, 0.2) is 0 Å². The van der Waals surface area contributed by atoms with E-state index < -0.39 is 11.8 Å².